The van der Waals surface area contributed by atoms with Gasteiger partial charge in [-0.25, -0.2) is 4.98 Å². The van der Waals surface area contributed by atoms with E-state index in [1.165, 1.54) is 11.3 Å². The lowest BCUT2D eigenvalue weighted by Gasteiger charge is -2.10. The van der Waals surface area contributed by atoms with Crippen LogP contribution < -0.4 is 16.4 Å². The second kappa shape index (κ2) is 6.90. The number of thiazole rings is 1. The second-order valence-corrected chi connectivity index (χ2v) is 6.20. The molecule has 1 heterocycles. The summed E-state index contributed by atoms with van der Waals surface area (Å²) in [5.74, 6) is 0.462. The van der Waals surface area contributed by atoms with Gasteiger partial charge >= 0.3 is 0 Å². The molecule has 1 aliphatic rings. The van der Waals surface area contributed by atoms with Crippen molar-refractivity contribution in [2.45, 2.75) is 38.7 Å². The molecule has 1 aromatic rings. The Morgan fingerprint density at radius 1 is 1.55 bits per heavy atom. The highest BCUT2D eigenvalue weighted by molar-refractivity contribution is 7.18. The van der Waals surface area contributed by atoms with E-state index >= 15 is 0 Å². The zero-order valence-electron chi connectivity index (χ0n) is 11.7. The van der Waals surface area contributed by atoms with E-state index in [1.807, 2.05) is 0 Å². The lowest BCUT2D eigenvalue weighted by molar-refractivity contribution is 0.0950. The van der Waals surface area contributed by atoms with Crippen molar-refractivity contribution in [3.05, 3.63) is 4.88 Å². The fraction of sp³-hybridized carbons (Fsp3) is 0.692. The Kier molecular flexibility index (Phi) is 5.19. The van der Waals surface area contributed by atoms with Gasteiger partial charge in [0, 0.05) is 13.1 Å². The predicted molar refractivity (Wildman–Crippen MR) is 81.0 cm³/mol. The smallest absolute Gasteiger partial charge is 0.265 e. The number of carbonyl (C=O) groups excluding carboxylic acids is 1. The van der Waals surface area contributed by atoms with Gasteiger partial charge in [0.2, 0.25) is 0 Å². The quantitative estimate of drug-likeness (QED) is 0.637. The van der Waals surface area contributed by atoms with Crippen molar-refractivity contribution >= 4 is 28.2 Å². The van der Waals surface area contributed by atoms with Crippen molar-refractivity contribution in [2.24, 2.45) is 5.92 Å². The first-order valence-electron chi connectivity index (χ1n) is 7.06. The van der Waals surface area contributed by atoms with E-state index in [9.17, 15) is 9.90 Å². The third kappa shape index (κ3) is 3.83. The number of rotatable bonds is 6. The molecular weight excluding hydrogens is 276 g/mol. The van der Waals surface area contributed by atoms with Crippen LogP contribution in [0, 0.1) is 5.92 Å². The van der Waals surface area contributed by atoms with Gasteiger partial charge in [0.1, 0.15) is 10.7 Å². The van der Waals surface area contributed by atoms with Crippen LogP contribution >= 0.6 is 11.3 Å². The third-order valence-corrected chi connectivity index (χ3v) is 4.48. The lowest BCUT2D eigenvalue weighted by Crippen LogP contribution is -2.28. The summed E-state index contributed by atoms with van der Waals surface area (Å²) in [7, 11) is 0. The molecule has 1 saturated carbocycles. The van der Waals surface area contributed by atoms with Crippen LogP contribution in [-0.2, 0) is 0 Å². The first kappa shape index (κ1) is 15.1. The minimum Gasteiger partial charge on any atom is -0.393 e. The van der Waals surface area contributed by atoms with Gasteiger partial charge in [0.25, 0.3) is 5.91 Å². The number of hydrogen-bond donors (Lipinski definition) is 4. The monoisotopic (exact) mass is 298 g/mol. The normalized spacial score (nSPS) is 21.9. The average molecular weight is 298 g/mol. The van der Waals surface area contributed by atoms with Crippen molar-refractivity contribution in [2.75, 3.05) is 24.1 Å². The predicted octanol–water partition coefficient (Wildman–Crippen LogP) is 1.44. The molecule has 1 aromatic heterocycles. The number of amides is 1. The second-order valence-electron chi connectivity index (χ2n) is 5.20. The first-order valence-corrected chi connectivity index (χ1v) is 7.88. The number of aliphatic hydroxyl groups excluding tert-OH is 1. The van der Waals surface area contributed by atoms with Crippen molar-refractivity contribution in [1.82, 2.24) is 10.3 Å². The molecule has 6 nitrogen and oxygen atoms in total. The SMILES string of the molecule is CCCNc1nc(N)c(C(=O)NCC2CCC(O)C2)s1. The number of anilines is 2. The highest BCUT2D eigenvalue weighted by Gasteiger charge is 2.24. The highest BCUT2D eigenvalue weighted by Crippen LogP contribution is 2.26. The fourth-order valence-electron chi connectivity index (χ4n) is 2.35. The van der Waals surface area contributed by atoms with Crippen LogP contribution in [-0.4, -0.2) is 35.2 Å². The van der Waals surface area contributed by atoms with Gasteiger partial charge < -0.3 is 21.5 Å². The van der Waals surface area contributed by atoms with E-state index in [-0.39, 0.29) is 17.8 Å². The molecule has 0 radical (unpaired) electrons. The third-order valence-electron chi connectivity index (χ3n) is 3.45. The van der Waals surface area contributed by atoms with Gasteiger partial charge in [0.15, 0.2) is 5.13 Å². The Morgan fingerprint density at radius 2 is 2.35 bits per heavy atom. The lowest BCUT2D eigenvalue weighted by atomic mass is 10.1. The van der Waals surface area contributed by atoms with Gasteiger partial charge in [0.05, 0.1) is 6.10 Å². The minimum atomic E-state index is -0.213. The fourth-order valence-corrected chi connectivity index (χ4v) is 3.18. The molecule has 0 bridgehead atoms. The maximum absolute atomic E-state index is 12.1. The van der Waals surface area contributed by atoms with E-state index in [0.717, 1.165) is 32.2 Å². The summed E-state index contributed by atoms with van der Waals surface area (Å²) in [4.78, 5) is 16.7. The Balaban J connectivity index is 1.86. The van der Waals surface area contributed by atoms with E-state index in [0.29, 0.717) is 22.5 Å². The van der Waals surface area contributed by atoms with Crippen molar-refractivity contribution < 1.29 is 9.90 Å². The molecule has 112 valence electrons. The van der Waals surface area contributed by atoms with E-state index < -0.39 is 0 Å². The Morgan fingerprint density at radius 3 is 3.00 bits per heavy atom. The molecule has 20 heavy (non-hydrogen) atoms. The summed E-state index contributed by atoms with van der Waals surface area (Å²) in [6, 6.07) is 0. The van der Waals surface area contributed by atoms with Gasteiger partial charge in [-0.3, -0.25) is 4.79 Å². The molecule has 0 spiro atoms. The summed E-state index contributed by atoms with van der Waals surface area (Å²) in [6.45, 7) is 3.46. The largest absolute Gasteiger partial charge is 0.393 e. The maximum Gasteiger partial charge on any atom is 0.265 e. The van der Waals surface area contributed by atoms with Gasteiger partial charge in [-0.15, -0.1) is 0 Å². The number of carbonyl (C=O) groups is 1. The topological polar surface area (TPSA) is 100 Å². The first-order chi connectivity index (χ1) is 9.60. The zero-order valence-corrected chi connectivity index (χ0v) is 12.5. The summed E-state index contributed by atoms with van der Waals surface area (Å²) in [5.41, 5.74) is 5.78. The number of nitrogens with two attached hydrogens (primary N) is 1. The van der Waals surface area contributed by atoms with E-state index in [4.69, 9.17) is 5.73 Å². The molecule has 0 aliphatic heterocycles. The average Bonchev–Trinajstić information content (AvgIpc) is 3.00. The van der Waals surface area contributed by atoms with Crippen molar-refractivity contribution in [3.8, 4) is 0 Å². The Hall–Kier alpha value is -1.34. The van der Waals surface area contributed by atoms with Crippen LogP contribution in [0.1, 0.15) is 42.3 Å². The molecule has 2 rings (SSSR count). The molecule has 1 aliphatic carbocycles. The summed E-state index contributed by atoms with van der Waals surface area (Å²) in [6.07, 6.45) is 3.33. The molecule has 7 heteroatoms. The number of hydrogen-bond acceptors (Lipinski definition) is 6. The van der Waals surface area contributed by atoms with Crippen molar-refractivity contribution in [3.63, 3.8) is 0 Å². The van der Waals surface area contributed by atoms with Crippen LogP contribution in [0.15, 0.2) is 0 Å². The highest BCUT2D eigenvalue weighted by atomic mass is 32.1. The maximum atomic E-state index is 12.1. The number of nitrogens with zero attached hydrogens (tertiary/aromatic N) is 1. The number of aliphatic hydroxyl groups is 1. The summed E-state index contributed by atoms with van der Waals surface area (Å²) in [5, 5.41) is 16.2. The number of aromatic nitrogens is 1. The van der Waals surface area contributed by atoms with Crippen LogP contribution in [0.4, 0.5) is 10.9 Å². The van der Waals surface area contributed by atoms with Crippen molar-refractivity contribution in [1.29, 1.82) is 0 Å². The number of nitrogen functional groups attached to an aromatic ring is 1. The molecule has 5 N–H and O–H groups in total. The number of nitrogens with one attached hydrogen (secondary N) is 2. The molecule has 0 saturated heterocycles. The van der Waals surface area contributed by atoms with Gasteiger partial charge in [-0.1, -0.05) is 18.3 Å². The van der Waals surface area contributed by atoms with Crippen LogP contribution in [0.25, 0.3) is 0 Å². The molecule has 2 unspecified atom stereocenters. The zero-order chi connectivity index (χ0) is 14.5. The van der Waals surface area contributed by atoms with E-state index in [1.54, 1.807) is 0 Å². The summed E-state index contributed by atoms with van der Waals surface area (Å²) >= 11 is 1.28. The molecule has 0 aromatic carbocycles. The summed E-state index contributed by atoms with van der Waals surface area (Å²) < 4.78 is 0. The van der Waals surface area contributed by atoms with Crippen LogP contribution in [0.2, 0.25) is 0 Å². The van der Waals surface area contributed by atoms with Gasteiger partial charge in [-0.2, -0.15) is 0 Å². The standard InChI is InChI=1S/C13H22N4O2S/c1-2-5-15-13-17-11(14)10(20-13)12(19)16-7-8-3-4-9(18)6-8/h8-9,18H,2-7,14H2,1H3,(H,15,17)(H,16,19). The van der Waals surface area contributed by atoms with Gasteiger partial charge in [-0.05, 0) is 31.6 Å². The van der Waals surface area contributed by atoms with Crippen LogP contribution in [0.3, 0.4) is 0 Å². The molecule has 1 amide bonds. The molecule has 2 atom stereocenters. The van der Waals surface area contributed by atoms with Crippen LogP contribution in [0.5, 0.6) is 0 Å². The molecule has 1 fully saturated rings. The Bertz CT molecular complexity index is 463. The van der Waals surface area contributed by atoms with E-state index in [2.05, 4.69) is 22.5 Å². The molecular formula is C13H22N4O2S. The minimum absolute atomic E-state index is 0.175. The Labute approximate surface area is 122 Å².